The molecule has 1 N–H and O–H groups in total. The van der Waals surface area contributed by atoms with E-state index in [0.29, 0.717) is 43.4 Å². The summed E-state index contributed by atoms with van der Waals surface area (Å²) >= 11 is 0. The molecule has 0 spiro atoms. The average molecular weight is 492 g/mol. The van der Waals surface area contributed by atoms with Crippen molar-refractivity contribution in [3.8, 4) is 5.75 Å². The summed E-state index contributed by atoms with van der Waals surface area (Å²) in [6, 6.07) is 20.4. The number of methoxy groups -OCH3 is 1. The smallest absolute Gasteiger partial charge is 0.322 e. The number of nitrogens with one attached hydrogen (secondary N) is 1. The minimum atomic E-state index is -0.378. The van der Waals surface area contributed by atoms with Crippen molar-refractivity contribution in [2.24, 2.45) is 0 Å². The van der Waals surface area contributed by atoms with Gasteiger partial charge in [0.1, 0.15) is 23.8 Å². The maximum absolute atomic E-state index is 13.6. The molecule has 0 bridgehead atoms. The van der Waals surface area contributed by atoms with Crippen LogP contribution < -0.4 is 10.1 Å². The van der Waals surface area contributed by atoms with Crippen molar-refractivity contribution in [1.29, 1.82) is 0 Å². The average Bonchev–Trinajstić information content (AvgIpc) is 3.55. The molecular formula is C28H33N3O5. The number of urea groups is 1. The van der Waals surface area contributed by atoms with E-state index in [2.05, 4.69) is 5.32 Å². The van der Waals surface area contributed by atoms with Gasteiger partial charge in [0.2, 0.25) is 5.91 Å². The predicted octanol–water partition coefficient (Wildman–Crippen LogP) is 4.84. The van der Waals surface area contributed by atoms with Crippen molar-refractivity contribution in [2.75, 3.05) is 32.1 Å². The fourth-order valence-corrected chi connectivity index (χ4v) is 4.25. The fraction of sp³-hybridized carbons (Fsp3) is 0.357. The van der Waals surface area contributed by atoms with E-state index in [1.165, 1.54) is 4.90 Å². The van der Waals surface area contributed by atoms with Crippen LogP contribution in [0.3, 0.4) is 0 Å². The molecule has 1 unspecified atom stereocenters. The molecular weight excluding hydrogens is 458 g/mol. The molecule has 1 fully saturated rings. The molecule has 1 saturated heterocycles. The van der Waals surface area contributed by atoms with Gasteiger partial charge in [-0.05, 0) is 49.6 Å². The number of nitrogens with zero attached hydrogens (tertiary/aromatic N) is 2. The summed E-state index contributed by atoms with van der Waals surface area (Å²) in [7, 11) is 1.55. The highest BCUT2D eigenvalue weighted by molar-refractivity contribution is 5.93. The minimum Gasteiger partial charge on any atom is -0.495 e. The number of para-hydroxylation sites is 2. The zero-order valence-electron chi connectivity index (χ0n) is 20.8. The molecule has 2 aromatic carbocycles. The van der Waals surface area contributed by atoms with Gasteiger partial charge in [-0.2, -0.15) is 0 Å². The third kappa shape index (κ3) is 6.88. The highest BCUT2D eigenvalue weighted by Crippen LogP contribution is 2.24. The van der Waals surface area contributed by atoms with Crippen molar-refractivity contribution in [2.45, 2.75) is 39.0 Å². The van der Waals surface area contributed by atoms with Gasteiger partial charge in [-0.1, -0.05) is 42.5 Å². The first kappa shape index (κ1) is 25.3. The van der Waals surface area contributed by atoms with Crippen LogP contribution in [0.1, 0.15) is 29.9 Å². The van der Waals surface area contributed by atoms with Crippen molar-refractivity contribution < 1.29 is 23.5 Å². The second kappa shape index (κ2) is 12.3. The van der Waals surface area contributed by atoms with Crippen LogP contribution in [0.15, 0.2) is 71.1 Å². The van der Waals surface area contributed by atoms with Crippen molar-refractivity contribution in [1.82, 2.24) is 9.80 Å². The number of ether oxygens (including phenoxy) is 2. The second-order valence-electron chi connectivity index (χ2n) is 8.89. The number of rotatable bonds is 10. The Hall–Kier alpha value is -3.78. The van der Waals surface area contributed by atoms with E-state index in [1.54, 1.807) is 24.1 Å². The summed E-state index contributed by atoms with van der Waals surface area (Å²) in [4.78, 5) is 30.2. The van der Waals surface area contributed by atoms with Crippen LogP contribution in [-0.4, -0.2) is 54.6 Å². The Morgan fingerprint density at radius 3 is 2.47 bits per heavy atom. The summed E-state index contributed by atoms with van der Waals surface area (Å²) < 4.78 is 16.9. The van der Waals surface area contributed by atoms with Gasteiger partial charge in [0.05, 0.1) is 25.4 Å². The van der Waals surface area contributed by atoms with Crippen LogP contribution in [0.5, 0.6) is 5.75 Å². The Labute approximate surface area is 211 Å². The van der Waals surface area contributed by atoms with E-state index < -0.39 is 0 Å². The van der Waals surface area contributed by atoms with E-state index in [1.807, 2.05) is 61.5 Å². The van der Waals surface area contributed by atoms with Gasteiger partial charge in [-0.15, -0.1) is 0 Å². The third-order valence-corrected chi connectivity index (χ3v) is 6.12. The SMILES string of the molecule is COc1ccccc1NC(=O)N(CC(=O)N(Cc1ccccc1)Cc1ccc(C)o1)CC1CCCO1. The van der Waals surface area contributed by atoms with Crippen LogP contribution in [0.4, 0.5) is 10.5 Å². The standard InChI is InChI=1S/C28H33N3O5/c1-21-14-15-24(36-21)19-30(17-22-9-4-3-5-10-22)27(32)20-31(18-23-11-8-16-35-23)28(33)29-25-12-6-7-13-26(25)34-2/h3-7,9-10,12-15,23H,8,11,16-20H2,1-2H3,(H,29,33). The molecule has 1 aromatic heterocycles. The van der Waals surface area contributed by atoms with Crippen LogP contribution in [0.25, 0.3) is 0 Å². The molecule has 190 valence electrons. The van der Waals surface area contributed by atoms with E-state index >= 15 is 0 Å². The number of carbonyl (C=O) groups excluding carboxylic acids is 2. The van der Waals surface area contributed by atoms with Gasteiger partial charge in [-0.25, -0.2) is 4.79 Å². The molecule has 3 aromatic rings. The molecule has 8 nitrogen and oxygen atoms in total. The zero-order chi connectivity index (χ0) is 25.3. The Balaban J connectivity index is 1.52. The maximum atomic E-state index is 13.6. The molecule has 4 rings (SSSR count). The van der Waals surface area contributed by atoms with Gasteiger partial charge in [-0.3, -0.25) is 4.79 Å². The van der Waals surface area contributed by atoms with Gasteiger partial charge in [0, 0.05) is 19.7 Å². The quantitative estimate of drug-likeness (QED) is 0.439. The molecule has 3 amide bonds. The normalized spacial score (nSPS) is 14.9. The van der Waals surface area contributed by atoms with Gasteiger partial charge in [0.25, 0.3) is 0 Å². The van der Waals surface area contributed by atoms with Gasteiger partial charge >= 0.3 is 6.03 Å². The van der Waals surface area contributed by atoms with Crippen molar-refractivity contribution >= 4 is 17.6 Å². The molecule has 0 radical (unpaired) electrons. The highest BCUT2D eigenvalue weighted by Gasteiger charge is 2.27. The Morgan fingerprint density at radius 1 is 1.00 bits per heavy atom. The highest BCUT2D eigenvalue weighted by atomic mass is 16.5. The molecule has 8 heteroatoms. The molecule has 0 aliphatic carbocycles. The summed E-state index contributed by atoms with van der Waals surface area (Å²) in [5.74, 6) is 1.85. The van der Waals surface area contributed by atoms with Crippen LogP contribution in [-0.2, 0) is 22.6 Å². The summed E-state index contributed by atoms with van der Waals surface area (Å²) in [5, 5.41) is 2.90. The Bertz CT molecular complexity index is 1140. The minimum absolute atomic E-state index is 0.0899. The number of aryl methyl sites for hydroxylation is 1. The summed E-state index contributed by atoms with van der Waals surface area (Å²) in [6.45, 7) is 3.49. The van der Waals surface area contributed by atoms with Gasteiger partial charge in [0.15, 0.2) is 0 Å². The third-order valence-electron chi connectivity index (χ3n) is 6.12. The number of benzene rings is 2. The lowest BCUT2D eigenvalue weighted by Crippen LogP contribution is -2.46. The number of hydrogen-bond donors (Lipinski definition) is 1. The van der Waals surface area contributed by atoms with Crippen molar-refractivity contribution in [3.05, 3.63) is 83.8 Å². The lowest BCUT2D eigenvalue weighted by atomic mass is 10.2. The molecule has 1 aliphatic rings. The van der Waals surface area contributed by atoms with Gasteiger partial charge < -0.3 is 29.0 Å². The van der Waals surface area contributed by atoms with Crippen molar-refractivity contribution in [3.63, 3.8) is 0 Å². The lowest BCUT2D eigenvalue weighted by molar-refractivity contribution is -0.133. The van der Waals surface area contributed by atoms with Crippen LogP contribution in [0, 0.1) is 6.92 Å². The molecule has 2 heterocycles. The molecule has 36 heavy (non-hydrogen) atoms. The second-order valence-corrected chi connectivity index (χ2v) is 8.89. The predicted molar refractivity (Wildman–Crippen MR) is 137 cm³/mol. The molecule has 0 saturated carbocycles. The van der Waals surface area contributed by atoms with E-state index in [-0.39, 0.29) is 24.6 Å². The monoisotopic (exact) mass is 491 g/mol. The Kier molecular flexibility index (Phi) is 8.62. The van der Waals surface area contributed by atoms with Crippen LogP contribution in [0.2, 0.25) is 0 Å². The van der Waals surface area contributed by atoms with E-state index in [4.69, 9.17) is 13.9 Å². The number of anilines is 1. The van der Waals surface area contributed by atoms with E-state index in [9.17, 15) is 9.59 Å². The van der Waals surface area contributed by atoms with Crippen LogP contribution >= 0.6 is 0 Å². The largest absolute Gasteiger partial charge is 0.495 e. The first-order chi connectivity index (χ1) is 17.5. The fourth-order valence-electron chi connectivity index (χ4n) is 4.25. The number of furan rings is 1. The number of hydrogen-bond acceptors (Lipinski definition) is 5. The van der Waals surface area contributed by atoms with E-state index in [0.717, 1.165) is 24.2 Å². The topological polar surface area (TPSA) is 84.3 Å². The first-order valence-corrected chi connectivity index (χ1v) is 12.2. The number of carbonyl (C=O) groups is 2. The summed E-state index contributed by atoms with van der Waals surface area (Å²) in [5.41, 5.74) is 1.54. The molecule has 1 aliphatic heterocycles. The summed E-state index contributed by atoms with van der Waals surface area (Å²) in [6.07, 6.45) is 1.70. The lowest BCUT2D eigenvalue weighted by Gasteiger charge is -2.29. The molecule has 1 atom stereocenters. The maximum Gasteiger partial charge on any atom is 0.322 e. The first-order valence-electron chi connectivity index (χ1n) is 12.2. The Morgan fingerprint density at radius 2 is 1.78 bits per heavy atom. The zero-order valence-corrected chi connectivity index (χ0v) is 20.8. The number of amides is 3.